The minimum absolute atomic E-state index is 0.0188. The first-order valence-corrected chi connectivity index (χ1v) is 7.28. The zero-order chi connectivity index (χ0) is 13.9. The van der Waals surface area contributed by atoms with Gasteiger partial charge in [0, 0.05) is 26.1 Å². The number of aromatic nitrogens is 3. The van der Waals surface area contributed by atoms with Crippen molar-refractivity contribution in [2.75, 3.05) is 7.11 Å². The van der Waals surface area contributed by atoms with E-state index in [9.17, 15) is 0 Å². The number of aryl methyl sites for hydroxylation is 1. The van der Waals surface area contributed by atoms with Gasteiger partial charge in [0.2, 0.25) is 0 Å². The molecule has 5 heteroatoms. The van der Waals surface area contributed by atoms with E-state index >= 15 is 0 Å². The van der Waals surface area contributed by atoms with Crippen LogP contribution in [0.3, 0.4) is 0 Å². The smallest absolute Gasteiger partial charge is 0.138 e. The third kappa shape index (κ3) is 2.98. The monoisotopic (exact) mass is 266 g/mol. The van der Waals surface area contributed by atoms with Gasteiger partial charge < -0.3 is 10.5 Å². The summed E-state index contributed by atoms with van der Waals surface area (Å²) in [6.45, 7) is 5.19. The number of ether oxygens (including phenoxy) is 1. The second kappa shape index (κ2) is 6.01. The normalized spacial score (nSPS) is 29.4. The summed E-state index contributed by atoms with van der Waals surface area (Å²) >= 11 is 0. The average Bonchev–Trinajstić information content (AvgIpc) is 2.85. The summed E-state index contributed by atoms with van der Waals surface area (Å²) in [6, 6.07) is -0.0188. The van der Waals surface area contributed by atoms with Gasteiger partial charge in [0.25, 0.3) is 0 Å². The third-order valence-corrected chi connectivity index (χ3v) is 4.47. The Morgan fingerprint density at radius 1 is 1.63 bits per heavy atom. The Labute approximate surface area is 115 Å². The largest absolute Gasteiger partial charge is 0.377 e. The molecule has 0 amide bonds. The molecular weight excluding hydrogens is 240 g/mol. The molecule has 0 radical (unpaired) electrons. The Balaban J connectivity index is 2.10. The van der Waals surface area contributed by atoms with E-state index in [1.165, 1.54) is 12.8 Å². The second-order valence-corrected chi connectivity index (χ2v) is 5.77. The molecule has 0 spiro atoms. The molecule has 1 saturated carbocycles. The van der Waals surface area contributed by atoms with Crippen molar-refractivity contribution in [1.82, 2.24) is 14.8 Å². The SMILES string of the molecule is CCn1ncnc1CC(N)C1(OC)CCCC(C)C1. The van der Waals surface area contributed by atoms with Crippen molar-refractivity contribution in [3.63, 3.8) is 0 Å². The summed E-state index contributed by atoms with van der Waals surface area (Å²) in [5.41, 5.74) is 6.27. The highest BCUT2D eigenvalue weighted by Gasteiger charge is 2.40. The average molecular weight is 266 g/mol. The molecule has 2 rings (SSSR count). The minimum Gasteiger partial charge on any atom is -0.377 e. The van der Waals surface area contributed by atoms with Crippen molar-refractivity contribution in [2.24, 2.45) is 11.7 Å². The van der Waals surface area contributed by atoms with Crippen LogP contribution < -0.4 is 5.73 Å². The molecule has 0 aromatic carbocycles. The van der Waals surface area contributed by atoms with Gasteiger partial charge in [0.1, 0.15) is 12.2 Å². The van der Waals surface area contributed by atoms with Crippen LogP contribution in [0.2, 0.25) is 0 Å². The van der Waals surface area contributed by atoms with Crippen molar-refractivity contribution in [3.8, 4) is 0 Å². The zero-order valence-electron chi connectivity index (χ0n) is 12.3. The van der Waals surface area contributed by atoms with Crippen molar-refractivity contribution in [1.29, 1.82) is 0 Å². The molecule has 1 aliphatic carbocycles. The molecule has 5 nitrogen and oxygen atoms in total. The van der Waals surface area contributed by atoms with Crippen LogP contribution in [0.4, 0.5) is 0 Å². The molecule has 0 saturated heterocycles. The van der Waals surface area contributed by atoms with Crippen LogP contribution in [-0.2, 0) is 17.7 Å². The van der Waals surface area contributed by atoms with E-state index in [1.807, 2.05) is 4.68 Å². The van der Waals surface area contributed by atoms with Gasteiger partial charge >= 0.3 is 0 Å². The highest BCUT2D eigenvalue weighted by atomic mass is 16.5. The fraction of sp³-hybridized carbons (Fsp3) is 0.857. The Bertz CT molecular complexity index is 406. The van der Waals surface area contributed by atoms with E-state index in [4.69, 9.17) is 10.5 Å². The van der Waals surface area contributed by atoms with Gasteiger partial charge in [-0.05, 0) is 25.7 Å². The topological polar surface area (TPSA) is 66.0 Å². The highest BCUT2D eigenvalue weighted by Crippen LogP contribution is 2.37. The van der Waals surface area contributed by atoms with Crippen molar-refractivity contribution < 1.29 is 4.74 Å². The number of hydrogen-bond donors (Lipinski definition) is 1. The molecule has 1 fully saturated rings. The Hall–Kier alpha value is -0.940. The predicted octanol–water partition coefficient (Wildman–Crippen LogP) is 1.76. The van der Waals surface area contributed by atoms with Crippen molar-refractivity contribution in [2.45, 2.75) is 64.1 Å². The molecule has 108 valence electrons. The molecule has 3 atom stereocenters. The van der Waals surface area contributed by atoms with Crippen LogP contribution in [0.15, 0.2) is 6.33 Å². The van der Waals surface area contributed by atoms with Gasteiger partial charge in [0.15, 0.2) is 0 Å². The van der Waals surface area contributed by atoms with Gasteiger partial charge in [-0.3, -0.25) is 4.68 Å². The fourth-order valence-corrected chi connectivity index (χ4v) is 3.31. The first kappa shape index (κ1) is 14.5. The van der Waals surface area contributed by atoms with E-state index in [0.29, 0.717) is 5.92 Å². The van der Waals surface area contributed by atoms with Crippen LogP contribution >= 0.6 is 0 Å². The van der Waals surface area contributed by atoms with Crippen LogP contribution in [0.5, 0.6) is 0 Å². The lowest BCUT2D eigenvalue weighted by atomic mass is 9.74. The molecular formula is C14H26N4O. The maximum absolute atomic E-state index is 6.46. The Morgan fingerprint density at radius 3 is 3.05 bits per heavy atom. The van der Waals surface area contributed by atoms with Gasteiger partial charge in [-0.1, -0.05) is 19.8 Å². The first-order valence-electron chi connectivity index (χ1n) is 7.28. The van der Waals surface area contributed by atoms with E-state index < -0.39 is 0 Å². The van der Waals surface area contributed by atoms with Gasteiger partial charge in [-0.2, -0.15) is 5.10 Å². The summed E-state index contributed by atoms with van der Waals surface area (Å²) in [4.78, 5) is 4.32. The lowest BCUT2D eigenvalue weighted by Gasteiger charge is -2.43. The molecule has 2 N–H and O–H groups in total. The molecule has 1 aromatic heterocycles. The third-order valence-electron chi connectivity index (χ3n) is 4.47. The highest BCUT2D eigenvalue weighted by molar-refractivity contribution is 5.01. The lowest BCUT2D eigenvalue weighted by molar-refractivity contribution is -0.0710. The molecule has 1 heterocycles. The van der Waals surface area contributed by atoms with Gasteiger partial charge in [-0.25, -0.2) is 4.98 Å². The van der Waals surface area contributed by atoms with E-state index in [-0.39, 0.29) is 11.6 Å². The molecule has 3 unspecified atom stereocenters. The summed E-state index contributed by atoms with van der Waals surface area (Å²) in [5, 5.41) is 4.21. The number of rotatable bonds is 5. The second-order valence-electron chi connectivity index (χ2n) is 5.77. The predicted molar refractivity (Wildman–Crippen MR) is 74.7 cm³/mol. The number of methoxy groups -OCH3 is 1. The lowest BCUT2D eigenvalue weighted by Crippen LogP contribution is -2.53. The van der Waals surface area contributed by atoms with E-state index in [0.717, 1.165) is 31.6 Å². The van der Waals surface area contributed by atoms with Crippen molar-refractivity contribution >= 4 is 0 Å². The van der Waals surface area contributed by atoms with E-state index in [2.05, 4.69) is 23.9 Å². The minimum atomic E-state index is -0.192. The van der Waals surface area contributed by atoms with Gasteiger partial charge in [0.05, 0.1) is 5.60 Å². The molecule has 0 aliphatic heterocycles. The maximum Gasteiger partial charge on any atom is 0.138 e. The molecule has 1 aromatic rings. The van der Waals surface area contributed by atoms with Crippen LogP contribution in [-0.4, -0.2) is 33.5 Å². The van der Waals surface area contributed by atoms with Crippen LogP contribution in [0.1, 0.15) is 45.4 Å². The van der Waals surface area contributed by atoms with E-state index in [1.54, 1.807) is 13.4 Å². The van der Waals surface area contributed by atoms with Crippen LogP contribution in [0.25, 0.3) is 0 Å². The zero-order valence-corrected chi connectivity index (χ0v) is 12.3. The standard InChI is InChI=1S/C14H26N4O/c1-4-18-13(16-10-17-18)8-12(15)14(19-3)7-5-6-11(2)9-14/h10-12H,4-9,15H2,1-3H3. The first-order chi connectivity index (χ1) is 9.11. The fourth-order valence-electron chi connectivity index (χ4n) is 3.31. The summed E-state index contributed by atoms with van der Waals surface area (Å²) < 4.78 is 7.76. The number of nitrogens with two attached hydrogens (primary N) is 1. The number of nitrogens with zero attached hydrogens (tertiary/aromatic N) is 3. The van der Waals surface area contributed by atoms with Crippen LogP contribution in [0, 0.1) is 5.92 Å². The summed E-state index contributed by atoms with van der Waals surface area (Å²) in [5.74, 6) is 1.65. The molecule has 19 heavy (non-hydrogen) atoms. The summed E-state index contributed by atoms with van der Waals surface area (Å²) in [7, 11) is 1.79. The quantitative estimate of drug-likeness (QED) is 0.882. The number of hydrogen-bond acceptors (Lipinski definition) is 4. The maximum atomic E-state index is 6.46. The van der Waals surface area contributed by atoms with Crippen molar-refractivity contribution in [3.05, 3.63) is 12.2 Å². The molecule has 1 aliphatic rings. The van der Waals surface area contributed by atoms with Gasteiger partial charge in [-0.15, -0.1) is 0 Å². The Kier molecular flexibility index (Phi) is 4.58. The Morgan fingerprint density at radius 2 is 2.42 bits per heavy atom. The molecule has 0 bridgehead atoms. The summed E-state index contributed by atoms with van der Waals surface area (Å²) in [6.07, 6.45) is 6.91.